The zero-order valence-electron chi connectivity index (χ0n) is 9.76. The molecule has 4 N–H and O–H groups in total. The molecule has 0 aromatic heterocycles. The van der Waals surface area contributed by atoms with Gasteiger partial charge < -0.3 is 11.5 Å². The molecule has 0 aliphatic heterocycles. The number of likely N-dealkylation sites (N-methyl/N-ethyl adjacent to an activating group) is 1. The number of carbonyl (C=O) groups is 1. The van der Waals surface area contributed by atoms with Crippen molar-refractivity contribution in [2.45, 2.75) is 11.8 Å². The minimum atomic E-state index is -4.03. The third kappa shape index (κ3) is 2.96. The fourth-order valence-electron chi connectivity index (χ4n) is 1.41. The maximum atomic E-state index is 13.1. The van der Waals surface area contributed by atoms with Crippen LogP contribution in [-0.4, -0.2) is 31.7 Å². The van der Waals surface area contributed by atoms with Crippen LogP contribution < -0.4 is 11.5 Å². The molecule has 1 aromatic rings. The van der Waals surface area contributed by atoms with Gasteiger partial charge in [0.1, 0.15) is 10.7 Å². The average Bonchev–Trinajstić information content (AvgIpc) is 2.28. The number of nitrogens with zero attached hydrogens (tertiary/aromatic N) is 1. The lowest BCUT2D eigenvalue weighted by atomic mass is 10.3. The highest BCUT2D eigenvalue weighted by Gasteiger charge is 2.26. The molecule has 0 aliphatic carbocycles. The van der Waals surface area contributed by atoms with Gasteiger partial charge in [-0.3, -0.25) is 4.79 Å². The van der Waals surface area contributed by atoms with E-state index in [1.54, 1.807) is 0 Å². The number of halogens is 1. The van der Waals surface area contributed by atoms with E-state index in [9.17, 15) is 17.6 Å². The van der Waals surface area contributed by atoms with E-state index in [1.807, 2.05) is 0 Å². The second kappa shape index (κ2) is 5.32. The number of hydrogen-bond acceptors (Lipinski definition) is 4. The number of anilines is 1. The summed E-state index contributed by atoms with van der Waals surface area (Å²) in [5.41, 5.74) is 10.4. The van der Waals surface area contributed by atoms with Crippen LogP contribution in [-0.2, 0) is 14.8 Å². The van der Waals surface area contributed by atoms with Crippen LogP contribution in [0.3, 0.4) is 0 Å². The molecule has 0 fully saturated rings. The third-order valence-corrected chi connectivity index (χ3v) is 4.25. The Morgan fingerprint density at radius 1 is 1.44 bits per heavy atom. The van der Waals surface area contributed by atoms with Crippen LogP contribution in [0.15, 0.2) is 23.1 Å². The molecule has 8 heteroatoms. The Balaban J connectivity index is 3.26. The van der Waals surface area contributed by atoms with Crippen LogP contribution >= 0.6 is 0 Å². The molecule has 0 saturated heterocycles. The number of primary amides is 1. The fraction of sp³-hybridized carbons (Fsp3) is 0.300. The van der Waals surface area contributed by atoms with Gasteiger partial charge in [-0.05, 0) is 18.2 Å². The van der Waals surface area contributed by atoms with Crippen molar-refractivity contribution in [1.82, 2.24) is 4.31 Å². The number of carbonyl (C=O) groups excluding carboxylic acids is 1. The number of sulfonamides is 1. The van der Waals surface area contributed by atoms with Gasteiger partial charge in [0, 0.05) is 6.54 Å². The second-order valence-corrected chi connectivity index (χ2v) is 5.49. The zero-order chi connectivity index (χ0) is 13.9. The van der Waals surface area contributed by atoms with Gasteiger partial charge in [0.25, 0.3) is 0 Å². The number of benzene rings is 1. The van der Waals surface area contributed by atoms with Crippen LogP contribution in [0.2, 0.25) is 0 Å². The van der Waals surface area contributed by atoms with Gasteiger partial charge in [-0.25, -0.2) is 12.8 Å². The van der Waals surface area contributed by atoms with E-state index in [4.69, 9.17) is 11.5 Å². The first-order valence-corrected chi connectivity index (χ1v) is 6.56. The van der Waals surface area contributed by atoms with Crippen molar-refractivity contribution < 1.29 is 17.6 Å². The number of nitrogen functional groups attached to an aromatic ring is 1. The molecule has 0 spiro atoms. The number of hydrogen-bond donors (Lipinski definition) is 2. The summed E-state index contributed by atoms with van der Waals surface area (Å²) in [4.78, 5) is 10.4. The Morgan fingerprint density at radius 2 is 2.06 bits per heavy atom. The van der Waals surface area contributed by atoms with Crippen LogP contribution in [0.1, 0.15) is 6.92 Å². The van der Waals surface area contributed by atoms with E-state index in [-0.39, 0.29) is 17.1 Å². The molecule has 1 rings (SSSR count). The minimum Gasteiger partial charge on any atom is -0.398 e. The number of nitrogens with two attached hydrogens (primary N) is 2. The Hall–Kier alpha value is -1.67. The summed E-state index contributed by atoms with van der Waals surface area (Å²) in [6, 6.07) is 3.02. The van der Waals surface area contributed by atoms with Crippen LogP contribution in [0.4, 0.5) is 10.1 Å². The molecule has 0 atom stereocenters. The van der Waals surface area contributed by atoms with Gasteiger partial charge in [0.15, 0.2) is 0 Å². The van der Waals surface area contributed by atoms with Gasteiger partial charge in [-0.1, -0.05) is 6.92 Å². The topological polar surface area (TPSA) is 106 Å². The highest BCUT2D eigenvalue weighted by molar-refractivity contribution is 7.89. The number of rotatable bonds is 5. The molecule has 18 heavy (non-hydrogen) atoms. The average molecular weight is 275 g/mol. The van der Waals surface area contributed by atoms with Crippen molar-refractivity contribution in [3.8, 4) is 0 Å². The van der Waals surface area contributed by atoms with Crippen LogP contribution in [0.5, 0.6) is 0 Å². The van der Waals surface area contributed by atoms with E-state index in [0.29, 0.717) is 0 Å². The quantitative estimate of drug-likeness (QED) is 0.732. The normalized spacial score (nSPS) is 11.7. The van der Waals surface area contributed by atoms with Crippen molar-refractivity contribution in [2.75, 3.05) is 18.8 Å². The van der Waals surface area contributed by atoms with Gasteiger partial charge in [-0.15, -0.1) is 0 Å². The summed E-state index contributed by atoms with van der Waals surface area (Å²) < 4.78 is 38.2. The van der Waals surface area contributed by atoms with Crippen molar-refractivity contribution in [2.24, 2.45) is 5.73 Å². The molecular weight excluding hydrogens is 261 g/mol. The molecule has 1 aromatic carbocycles. The molecular formula is C10H14FN3O3S. The molecule has 1 amide bonds. The third-order valence-electron chi connectivity index (χ3n) is 2.28. The summed E-state index contributed by atoms with van der Waals surface area (Å²) in [7, 11) is -4.03. The van der Waals surface area contributed by atoms with E-state index in [0.717, 1.165) is 22.5 Å². The highest BCUT2D eigenvalue weighted by Crippen LogP contribution is 2.22. The Labute approximate surface area is 104 Å². The van der Waals surface area contributed by atoms with Crippen molar-refractivity contribution in [3.05, 3.63) is 24.0 Å². The SMILES string of the molecule is CCN(CC(N)=O)S(=O)(=O)c1cc(F)ccc1N. The van der Waals surface area contributed by atoms with Crippen molar-refractivity contribution >= 4 is 21.6 Å². The monoisotopic (exact) mass is 275 g/mol. The van der Waals surface area contributed by atoms with E-state index in [2.05, 4.69) is 0 Å². The molecule has 0 saturated carbocycles. The predicted molar refractivity (Wildman–Crippen MR) is 64.4 cm³/mol. The van der Waals surface area contributed by atoms with E-state index in [1.165, 1.54) is 6.92 Å². The summed E-state index contributed by atoms with van der Waals surface area (Å²) >= 11 is 0. The fourth-order valence-corrected chi connectivity index (χ4v) is 2.95. The van der Waals surface area contributed by atoms with Crippen molar-refractivity contribution in [3.63, 3.8) is 0 Å². The standard InChI is InChI=1S/C10H14FN3O3S/c1-2-14(6-10(13)15)18(16,17)9-5-7(11)3-4-8(9)12/h3-5H,2,6,12H2,1H3,(H2,13,15). The zero-order valence-corrected chi connectivity index (χ0v) is 10.6. The van der Waals surface area contributed by atoms with Gasteiger partial charge in [0.05, 0.1) is 12.2 Å². The first kappa shape index (κ1) is 14.4. The van der Waals surface area contributed by atoms with Crippen LogP contribution in [0.25, 0.3) is 0 Å². The first-order chi connectivity index (χ1) is 8.28. The van der Waals surface area contributed by atoms with Gasteiger partial charge in [-0.2, -0.15) is 4.31 Å². The molecule has 0 unspecified atom stereocenters. The molecule has 0 bridgehead atoms. The molecule has 100 valence electrons. The van der Waals surface area contributed by atoms with Gasteiger partial charge in [0.2, 0.25) is 15.9 Å². The van der Waals surface area contributed by atoms with Gasteiger partial charge >= 0.3 is 0 Å². The second-order valence-electron chi connectivity index (χ2n) is 3.58. The maximum Gasteiger partial charge on any atom is 0.245 e. The van der Waals surface area contributed by atoms with E-state index >= 15 is 0 Å². The molecule has 0 heterocycles. The smallest absolute Gasteiger partial charge is 0.245 e. The minimum absolute atomic E-state index is 0.0290. The highest BCUT2D eigenvalue weighted by atomic mass is 32.2. The number of amides is 1. The Bertz CT molecular complexity index is 559. The first-order valence-electron chi connectivity index (χ1n) is 5.12. The molecule has 0 aliphatic rings. The lowest BCUT2D eigenvalue weighted by Gasteiger charge is -2.19. The Morgan fingerprint density at radius 3 is 2.56 bits per heavy atom. The lowest BCUT2D eigenvalue weighted by Crippen LogP contribution is -2.38. The predicted octanol–water partition coefficient (Wildman–Crippen LogP) is -0.0962. The lowest BCUT2D eigenvalue weighted by molar-refractivity contribution is -0.118. The summed E-state index contributed by atoms with van der Waals surface area (Å²) in [6.45, 7) is 1.09. The summed E-state index contributed by atoms with van der Waals surface area (Å²) in [5.74, 6) is -1.52. The maximum absolute atomic E-state index is 13.1. The largest absolute Gasteiger partial charge is 0.398 e. The van der Waals surface area contributed by atoms with Crippen molar-refractivity contribution in [1.29, 1.82) is 0 Å². The van der Waals surface area contributed by atoms with E-state index < -0.39 is 28.3 Å². The Kier molecular flexibility index (Phi) is 4.25. The molecule has 6 nitrogen and oxygen atoms in total. The summed E-state index contributed by atoms with van der Waals surface area (Å²) in [6.07, 6.45) is 0. The molecule has 0 radical (unpaired) electrons. The summed E-state index contributed by atoms with van der Waals surface area (Å²) in [5, 5.41) is 0. The van der Waals surface area contributed by atoms with Crippen LogP contribution in [0, 0.1) is 5.82 Å².